The van der Waals surface area contributed by atoms with E-state index in [1.807, 2.05) is 13.8 Å². The topological polar surface area (TPSA) is 40.5 Å². The molecule has 1 aliphatic rings. The Balaban J connectivity index is 2.53. The highest BCUT2D eigenvalue weighted by Gasteiger charge is 2.36. The van der Waals surface area contributed by atoms with E-state index in [9.17, 15) is 9.90 Å². The number of hydrogen-bond donors (Lipinski definition) is 1. The number of carboxylic acid groups (broad SMARTS) is 1. The van der Waals surface area contributed by atoms with Crippen molar-refractivity contribution in [1.82, 2.24) is 4.90 Å². The van der Waals surface area contributed by atoms with Crippen molar-refractivity contribution >= 4 is 5.97 Å². The number of hydrogen-bond acceptors (Lipinski definition) is 2. The fourth-order valence-corrected chi connectivity index (χ4v) is 2.43. The summed E-state index contributed by atoms with van der Waals surface area (Å²) in [5, 5.41) is 9.29. The zero-order chi connectivity index (χ0) is 13.1. The van der Waals surface area contributed by atoms with Crippen LogP contribution >= 0.6 is 0 Å². The van der Waals surface area contributed by atoms with Gasteiger partial charge in [0.05, 0.1) is 5.41 Å². The van der Waals surface area contributed by atoms with E-state index in [4.69, 9.17) is 0 Å². The highest BCUT2D eigenvalue weighted by atomic mass is 16.4. The molecule has 0 aromatic carbocycles. The molecular weight excluding hydrogens is 214 g/mol. The summed E-state index contributed by atoms with van der Waals surface area (Å²) in [4.78, 5) is 13.6. The van der Waals surface area contributed by atoms with Crippen LogP contribution in [-0.4, -0.2) is 35.6 Å². The van der Waals surface area contributed by atoms with Crippen LogP contribution in [0.1, 0.15) is 53.4 Å². The molecule has 0 aromatic rings. The molecule has 1 saturated heterocycles. The molecule has 0 bridgehead atoms. The summed E-state index contributed by atoms with van der Waals surface area (Å²) in [6, 6.07) is 0. The van der Waals surface area contributed by atoms with E-state index in [1.165, 1.54) is 19.3 Å². The zero-order valence-corrected chi connectivity index (χ0v) is 11.8. The fraction of sp³-hybridized carbons (Fsp3) is 0.929. The molecule has 1 heterocycles. The normalized spacial score (nSPS) is 24.2. The van der Waals surface area contributed by atoms with Crippen molar-refractivity contribution in [3.8, 4) is 0 Å². The minimum atomic E-state index is -0.663. The Morgan fingerprint density at radius 2 is 1.88 bits per heavy atom. The van der Waals surface area contributed by atoms with E-state index in [0.29, 0.717) is 18.4 Å². The lowest BCUT2D eigenvalue weighted by Gasteiger charge is -2.41. The minimum absolute atomic E-state index is 0.475. The van der Waals surface area contributed by atoms with Gasteiger partial charge in [0, 0.05) is 6.54 Å². The molecule has 3 nitrogen and oxygen atoms in total. The summed E-state index contributed by atoms with van der Waals surface area (Å²) in [5.74, 6) is -0.663. The zero-order valence-electron chi connectivity index (χ0n) is 11.8. The molecule has 0 aliphatic carbocycles. The van der Waals surface area contributed by atoms with Crippen LogP contribution in [0.3, 0.4) is 0 Å². The Bertz CT molecular complexity index is 269. The summed E-state index contributed by atoms with van der Waals surface area (Å²) in [6.07, 6.45) is 4.32. The van der Waals surface area contributed by atoms with Crippen molar-refractivity contribution in [2.75, 3.05) is 19.6 Å². The molecule has 1 unspecified atom stereocenters. The van der Waals surface area contributed by atoms with E-state index in [0.717, 1.165) is 13.1 Å². The molecule has 0 aromatic heterocycles. The highest BCUT2D eigenvalue weighted by molar-refractivity contribution is 5.74. The molecule has 100 valence electrons. The van der Waals surface area contributed by atoms with Crippen molar-refractivity contribution in [1.29, 1.82) is 0 Å². The molecule has 0 saturated carbocycles. The van der Waals surface area contributed by atoms with E-state index in [2.05, 4.69) is 18.7 Å². The first kappa shape index (κ1) is 14.5. The number of nitrogens with zero attached hydrogens (tertiary/aromatic N) is 1. The first-order chi connectivity index (χ1) is 7.85. The van der Waals surface area contributed by atoms with Gasteiger partial charge in [-0.15, -0.1) is 0 Å². The van der Waals surface area contributed by atoms with Gasteiger partial charge in [-0.25, -0.2) is 0 Å². The molecule has 1 N–H and O–H groups in total. The maximum absolute atomic E-state index is 11.3. The van der Waals surface area contributed by atoms with Gasteiger partial charge in [-0.2, -0.15) is 0 Å². The van der Waals surface area contributed by atoms with Gasteiger partial charge in [0.1, 0.15) is 0 Å². The summed E-state index contributed by atoms with van der Waals surface area (Å²) in [6.45, 7) is 11.2. The lowest BCUT2D eigenvalue weighted by Crippen LogP contribution is -2.46. The number of aliphatic carboxylic acids is 1. The van der Waals surface area contributed by atoms with Crippen molar-refractivity contribution in [3.63, 3.8) is 0 Å². The third-order valence-corrected chi connectivity index (χ3v) is 4.79. The van der Waals surface area contributed by atoms with Crippen LogP contribution in [0.4, 0.5) is 0 Å². The van der Waals surface area contributed by atoms with Gasteiger partial charge >= 0.3 is 5.97 Å². The van der Waals surface area contributed by atoms with Crippen LogP contribution in [0.15, 0.2) is 0 Å². The van der Waals surface area contributed by atoms with E-state index >= 15 is 0 Å². The van der Waals surface area contributed by atoms with Gasteiger partial charge in [-0.1, -0.05) is 27.2 Å². The second kappa shape index (κ2) is 5.38. The molecule has 3 heteroatoms. The van der Waals surface area contributed by atoms with Crippen molar-refractivity contribution in [3.05, 3.63) is 0 Å². The van der Waals surface area contributed by atoms with Crippen LogP contribution in [0.2, 0.25) is 0 Å². The van der Waals surface area contributed by atoms with E-state index in [-0.39, 0.29) is 0 Å². The molecule has 17 heavy (non-hydrogen) atoms. The molecule has 1 rings (SSSR count). The average molecular weight is 241 g/mol. The van der Waals surface area contributed by atoms with Gasteiger partial charge in [0.25, 0.3) is 0 Å². The number of likely N-dealkylation sites (tertiary alicyclic amines) is 1. The van der Waals surface area contributed by atoms with Crippen molar-refractivity contribution in [2.45, 2.75) is 53.4 Å². The Labute approximate surface area is 105 Å². The van der Waals surface area contributed by atoms with Crippen molar-refractivity contribution < 1.29 is 9.90 Å². The van der Waals surface area contributed by atoms with Crippen LogP contribution in [0.25, 0.3) is 0 Å². The standard InChI is InChI=1S/C14H27NO2/c1-5-13(3)7-9-15(10-8-13)11-14(4,6-2)12(16)17/h5-11H2,1-4H3,(H,16,17). The van der Waals surface area contributed by atoms with Gasteiger partial charge in [-0.3, -0.25) is 4.79 Å². The monoisotopic (exact) mass is 241 g/mol. The van der Waals surface area contributed by atoms with Crippen LogP contribution < -0.4 is 0 Å². The Morgan fingerprint density at radius 1 is 1.35 bits per heavy atom. The molecule has 0 radical (unpaired) electrons. The largest absolute Gasteiger partial charge is 0.481 e. The maximum atomic E-state index is 11.3. The smallest absolute Gasteiger partial charge is 0.310 e. The highest BCUT2D eigenvalue weighted by Crippen LogP contribution is 2.35. The number of carbonyl (C=O) groups is 1. The van der Waals surface area contributed by atoms with Gasteiger partial charge in [0.15, 0.2) is 0 Å². The molecule has 1 fully saturated rings. The van der Waals surface area contributed by atoms with E-state index in [1.54, 1.807) is 0 Å². The maximum Gasteiger partial charge on any atom is 0.310 e. The first-order valence-corrected chi connectivity index (χ1v) is 6.81. The molecular formula is C14H27NO2. The summed E-state index contributed by atoms with van der Waals surface area (Å²) in [7, 11) is 0. The summed E-state index contributed by atoms with van der Waals surface area (Å²) < 4.78 is 0. The Morgan fingerprint density at radius 3 is 2.24 bits per heavy atom. The predicted molar refractivity (Wildman–Crippen MR) is 70.1 cm³/mol. The summed E-state index contributed by atoms with van der Waals surface area (Å²) >= 11 is 0. The number of rotatable bonds is 5. The Hall–Kier alpha value is -0.570. The predicted octanol–water partition coefficient (Wildman–Crippen LogP) is 3.00. The lowest BCUT2D eigenvalue weighted by atomic mass is 9.77. The number of carboxylic acids is 1. The van der Waals surface area contributed by atoms with Gasteiger partial charge in [0.2, 0.25) is 0 Å². The average Bonchev–Trinajstić information content (AvgIpc) is 2.32. The van der Waals surface area contributed by atoms with Crippen molar-refractivity contribution in [2.24, 2.45) is 10.8 Å². The molecule has 0 spiro atoms. The van der Waals surface area contributed by atoms with Crippen LogP contribution in [0, 0.1) is 10.8 Å². The Kier molecular flexibility index (Phi) is 4.59. The van der Waals surface area contributed by atoms with Crippen LogP contribution in [0.5, 0.6) is 0 Å². The fourth-order valence-electron chi connectivity index (χ4n) is 2.43. The quantitative estimate of drug-likeness (QED) is 0.804. The van der Waals surface area contributed by atoms with Gasteiger partial charge < -0.3 is 10.0 Å². The molecule has 0 amide bonds. The third-order valence-electron chi connectivity index (χ3n) is 4.79. The molecule has 1 atom stereocenters. The minimum Gasteiger partial charge on any atom is -0.481 e. The lowest BCUT2D eigenvalue weighted by molar-refractivity contribution is -0.149. The van der Waals surface area contributed by atoms with Gasteiger partial charge in [-0.05, 0) is 44.7 Å². The van der Waals surface area contributed by atoms with E-state index < -0.39 is 11.4 Å². The molecule has 1 aliphatic heterocycles. The summed E-state index contributed by atoms with van der Waals surface area (Å²) in [5.41, 5.74) is -0.109. The number of piperidine rings is 1. The second-order valence-electron chi connectivity index (χ2n) is 6.16. The first-order valence-electron chi connectivity index (χ1n) is 6.81. The third kappa shape index (κ3) is 3.44. The van der Waals surface area contributed by atoms with Crippen LogP contribution in [-0.2, 0) is 4.79 Å². The second-order valence-corrected chi connectivity index (χ2v) is 6.16. The SMILES string of the molecule is CCC1(C)CCN(CC(C)(CC)C(=O)O)CC1.